The van der Waals surface area contributed by atoms with E-state index in [1.54, 1.807) is 12.0 Å². The standard InChI is InChI=1S/C18H27NO4/c1-17(2)13-19(10-9-18(17,21)14-22-3)16(20)12-23-11-15-7-5-4-6-8-15/h4-8,21H,9-14H2,1-3H3. The van der Waals surface area contributed by atoms with Crippen LogP contribution in [-0.4, -0.2) is 54.9 Å². The van der Waals surface area contributed by atoms with Gasteiger partial charge in [-0.2, -0.15) is 0 Å². The number of hydrogen-bond acceptors (Lipinski definition) is 4. The van der Waals surface area contributed by atoms with E-state index in [4.69, 9.17) is 9.47 Å². The fraction of sp³-hybridized carbons (Fsp3) is 0.611. The van der Waals surface area contributed by atoms with E-state index in [0.29, 0.717) is 26.1 Å². The van der Waals surface area contributed by atoms with Gasteiger partial charge in [0.1, 0.15) is 6.61 Å². The van der Waals surface area contributed by atoms with Gasteiger partial charge in [0, 0.05) is 25.6 Å². The van der Waals surface area contributed by atoms with Gasteiger partial charge >= 0.3 is 0 Å². The van der Waals surface area contributed by atoms with Crippen molar-refractivity contribution in [3.63, 3.8) is 0 Å². The minimum absolute atomic E-state index is 0.0338. The molecule has 23 heavy (non-hydrogen) atoms. The molecule has 1 N–H and O–H groups in total. The second-order valence-corrected chi connectivity index (χ2v) is 6.89. The van der Waals surface area contributed by atoms with E-state index in [-0.39, 0.29) is 19.1 Å². The predicted molar refractivity (Wildman–Crippen MR) is 87.9 cm³/mol. The lowest BCUT2D eigenvalue weighted by molar-refractivity contribution is -0.166. The van der Waals surface area contributed by atoms with E-state index < -0.39 is 11.0 Å². The van der Waals surface area contributed by atoms with E-state index in [1.807, 2.05) is 44.2 Å². The highest BCUT2D eigenvalue weighted by Gasteiger charge is 2.48. The molecule has 1 aliphatic rings. The number of hydrogen-bond donors (Lipinski definition) is 1. The average molecular weight is 321 g/mol. The molecule has 5 heteroatoms. The number of likely N-dealkylation sites (tertiary alicyclic amines) is 1. The second kappa shape index (κ2) is 7.43. The summed E-state index contributed by atoms with van der Waals surface area (Å²) in [6.45, 7) is 5.74. The normalized spacial score (nSPS) is 23.7. The first kappa shape index (κ1) is 17.9. The number of carbonyl (C=O) groups is 1. The Morgan fingerprint density at radius 2 is 2.00 bits per heavy atom. The Labute approximate surface area is 138 Å². The SMILES string of the molecule is COCC1(O)CCN(C(=O)COCc2ccccc2)CC1(C)C. The molecular weight excluding hydrogens is 294 g/mol. The minimum atomic E-state index is -0.899. The molecule has 5 nitrogen and oxygen atoms in total. The fourth-order valence-corrected chi connectivity index (χ4v) is 3.00. The summed E-state index contributed by atoms with van der Waals surface area (Å²) in [6, 6.07) is 9.79. The van der Waals surface area contributed by atoms with Crippen molar-refractivity contribution in [2.24, 2.45) is 5.41 Å². The molecule has 0 aromatic heterocycles. The largest absolute Gasteiger partial charge is 0.387 e. The van der Waals surface area contributed by atoms with Crippen LogP contribution in [0.4, 0.5) is 0 Å². The van der Waals surface area contributed by atoms with Crippen molar-refractivity contribution in [3.8, 4) is 0 Å². The molecule has 2 rings (SSSR count). The van der Waals surface area contributed by atoms with Crippen LogP contribution in [0.1, 0.15) is 25.8 Å². The topological polar surface area (TPSA) is 59.0 Å². The molecule has 1 unspecified atom stereocenters. The van der Waals surface area contributed by atoms with Crippen molar-refractivity contribution < 1.29 is 19.4 Å². The van der Waals surface area contributed by atoms with Crippen LogP contribution in [0, 0.1) is 5.41 Å². The fourth-order valence-electron chi connectivity index (χ4n) is 3.00. The van der Waals surface area contributed by atoms with Gasteiger partial charge in [-0.05, 0) is 12.0 Å². The highest BCUT2D eigenvalue weighted by Crippen LogP contribution is 2.38. The second-order valence-electron chi connectivity index (χ2n) is 6.89. The first-order valence-corrected chi connectivity index (χ1v) is 7.99. The Bertz CT molecular complexity index is 517. The Morgan fingerprint density at radius 3 is 2.61 bits per heavy atom. The van der Waals surface area contributed by atoms with Crippen molar-refractivity contribution in [2.75, 3.05) is 33.4 Å². The third-order valence-corrected chi connectivity index (χ3v) is 4.71. The van der Waals surface area contributed by atoms with E-state index >= 15 is 0 Å². The van der Waals surface area contributed by atoms with Gasteiger partial charge in [0.05, 0.1) is 18.8 Å². The van der Waals surface area contributed by atoms with Crippen molar-refractivity contribution in [1.29, 1.82) is 0 Å². The molecule has 0 aliphatic carbocycles. The first-order chi connectivity index (χ1) is 10.9. The third-order valence-electron chi connectivity index (χ3n) is 4.71. The number of methoxy groups -OCH3 is 1. The maximum Gasteiger partial charge on any atom is 0.248 e. The van der Waals surface area contributed by atoms with Crippen LogP contribution in [0.3, 0.4) is 0 Å². The van der Waals surface area contributed by atoms with Gasteiger partial charge in [0.2, 0.25) is 5.91 Å². The van der Waals surface area contributed by atoms with Gasteiger partial charge in [-0.1, -0.05) is 44.2 Å². The Hall–Kier alpha value is -1.43. The maximum atomic E-state index is 12.3. The van der Waals surface area contributed by atoms with Gasteiger partial charge in [0.15, 0.2) is 0 Å². The van der Waals surface area contributed by atoms with E-state index in [2.05, 4.69) is 0 Å². The van der Waals surface area contributed by atoms with Gasteiger partial charge < -0.3 is 19.5 Å². The van der Waals surface area contributed by atoms with Crippen LogP contribution in [-0.2, 0) is 20.9 Å². The van der Waals surface area contributed by atoms with Crippen LogP contribution in [0.25, 0.3) is 0 Å². The van der Waals surface area contributed by atoms with Gasteiger partial charge in [-0.25, -0.2) is 0 Å². The number of benzene rings is 1. The number of aliphatic hydroxyl groups is 1. The third kappa shape index (κ3) is 4.31. The molecule has 1 fully saturated rings. The number of ether oxygens (including phenoxy) is 2. The lowest BCUT2D eigenvalue weighted by Crippen LogP contribution is -2.60. The molecule has 1 saturated heterocycles. The molecule has 1 heterocycles. The molecule has 0 spiro atoms. The molecule has 1 aromatic carbocycles. The molecule has 1 amide bonds. The summed E-state index contributed by atoms with van der Waals surface area (Å²) in [5.41, 5.74) is -0.270. The van der Waals surface area contributed by atoms with Crippen molar-refractivity contribution in [2.45, 2.75) is 32.5 Å². The van der Waals surface area contributed by atoms with Crippen LogP contribution in [0.15, 0.2) is 30.3 Å². The van der Waals surface area contributed by atoms with Crippen molar-refractivity contribution >= 4 is 5.91 Å². The van der Waals surface area contributed by atoms with Gasteiger partial charge in [0.25, 0.3) is 0 Å². The molecule has 1 atom stereocenters. The summed E-state index contributed by atoms with van der Waals surface area (Å²) in [4.78, 5) is 14.1. The van der Waals surface area contributed by atoms with E-state index in [0.717, 1.165) is 5.56 Å². The lowest BCUT2D eigenvalue weighted by atomic mass is 9.70. The predicted octanol–water partition coefficient (Wildman–Crippen LogP) is 1.84. The molecule has 1 aliphatic heterocycles. The molecule has 0 radical (unpaired) electrons. The lowest BCUT2D eigenvalue weighted by Gasteiger charge is -2.49. The summed E-state index contributed by atoms with van der Waals surface area (Å²) in [6.07, 6.45) is 0.512. The van der Waals surface area contributed by atoms with Gasteiger partial charge in [-0.15, -0.1) is 0 Å². The summed E-state index contributed by atoms with van der Waals surface area (Å²) in [5.74, 6) is -0.0338. The van der Waals surface area contributed by atoms with E-state index in [1.165, 1.54) is 0 Å². The number of rotatable bonds is 6. The van der Waals surface area contributed by atoms with E-state index in [9.17, 15) is 9.90 Å². The van der Waals surface area contributed by atoms with Crippen LogP contribution >= 0.6 is 0 Å². The zero-order valence-electron chi connectivity index (χ0n) is 14.2. The highest BCUT2D eigenvalue weighted by atomic mass is 16.5. The average Bonchev–Trinajstić information content (AvgIpc) is 2.51. The Kier molecular flexibility index (Phi) is 5.79. The smallest absolute Gasteiger partial charge is 0.248 e. The number of amides is 1. The monoisotopic (exact) mass is 321 g/mol. The van der Waals surface area contributed by atoms with Crippen LogP contribution in [0.2, 0.25) is 0 Å². The quantitative estimate of drug-likeness (QED) is 0.868. The maximum absolute atomic E-state index is 12.3. The summed E-state index contributed by atoms with van der Waals surface area (Å²) in [7, 11) is 1.59. The molecule has 1 aromatic rings. The molecular formula is C18H27NO4. The number of nitrogens with zero attached hydrogens (tertiary/aromatic N) is 1. The molecule has 128 valence electrons. The van der Waals surface area contributed by atoms with Gasteiger partial charge in [-0.3, -0.25) is 4.79 Å². The summed E-state index contributed by atoms with van der Waals surface area (Å²) < 4.78 is 10.7. The van der Waals surface area contributed by atoms with Crippen LogP contribution in [0.5, 0.6) is 0 Å². The Balaban J connectivity index is 1.84. The zero-order valence-corrected chi connectivity index (χ0v) is 14.2. The van der Waals surface area contributed by atoms with Crippen molar-refractivity contribution in [3.05, 3.63) is 35.9 Å². The molecule has 0 bridgehead atoms. The number of carbonyl (C=O) groups excluding carboxylic acids is 1. The van der Waals surface area contributed by atoms with Crippen LogP contribution < -0.4 is 0 Å². The Morgan fingerprint density at radius 1 is 1.30 bits per heavy atom. The minimum Gasteiger partial charge on any atom is -0.387 e. The molecule has 0 saturated carbocycles. The first-order valence-electron chi connectivity index (χ1n) is 7.99. The highest BCUT2D eigenvalue weighted by molar-refractivity contribution is 5.77. The number of piperidine rings is 1. The van der Waals surface area contributed by atoms with Crippen molar-refractivity contribution in [1.82, 2.24) is 4.90 Å². The summed E-state index contributed by atoms with van der Waals surface area (Å²) >= 11 is 0. The zero-order chi connectivity index (χ0) is 16.9. The summed E-state index contributed by atoms with van der Waals surface area (Å²) in [5, 5.41) is 10.7.